The summed E-state index contributed by atoms with van der Waals surface area (Å²) in [7, 11) is 1.71. The number of hydrogen-bond donors (Lipinski definition) is 1. The molecule has 0 radical (unpaired) electrons. The summed E-state index contributed by atoms with van der Waals surface area (Å²) >= 11 is 4.88. The van der Waals surface area contributed by atoms with Crippen LogP contribution in [0.2, 0.25) is 0 Å². The van der Waals surface area contributed by atoms with E-state index in [-0.39, 0.29) is 11.8 Å². The van der Waals surface area contributed by atoms with Crippen LogP contribution in [0.5, 0.6) is 0 Å². The molecule has 0 saturated carbocycles. The third-order valence-corrected chi connectivity index (χ3v) is 2.22. The quantitative estimate of drug-likeness (QED) is 0.554. The fraction of sp³-hybridized carbons (Fsp3) is 0.571. The molecule has 1 N–H and O–H groups in total. The van der Waals surface area contributed by atoms with Crippen molar-refractivity contribution in [1.29, 1.82) is 0 Å². The first-order valence-corrected chi connectivity index (χ1v) is 4.07. The molecule has 5 heteroatoms. The van der Waals surface area contributed by atoms with Gasteiger partial charge in [-0.15, -0.1) is 0 Å². The standard InChI is InChI=1S/C7H11N3OS/c1-4-5(2)9-10(3)7(12)8-6(4)11/h4H,1-3H3,(H,8,11,12). The van der Waals surface area contributed by atoms with Crippen LogP contribution in [0.1, 0.15) is 13.8 Å². The van der Waals surface area contributed by atoms with Gasteiger partial charge in [-0.1, -0.05) is 0 Å². The largest absolute Gasteiger partial charge is 0.301 e. The van der Waals surface area contributed by atoms with Crippen molar-refractivity contribution in [1.82, 2.24) is 10.3 Å². The van der Waals surface area contributed by atoms with Gasteiger partial charge in [-0.25, -0.2) is 5.01 Å². The van der Waals surface area contributed by atoms with E-state index in [1.54, 1.807) is 14.0 Å². The molecule has 0 fully saturated rings. The molecule has 0 saturated heterocycles. The molecule has 12 heavy (non-hydrogen) atoms. The van der Waals surface area contributed by atoms with E-state index in [9.17, 15) is 4.79 Å². The van der Waals surface area contributed by atoms with E-state index in [2.05, 4.69) is 10.4 Å². The monoisotopic (exact) mass is 185 g/mol. The lowest BCUT2D eigenvalue weighted by atomic mass is 10.1. The van der Waals surface area contributed by atoms with E-state index in [1.807, 2.05) is 6.92 Å². The number of thiocarbonyl (C=S) groups is 1. The molecule has 0 aromatic heterocycles. The first-order valence-electron chi connectivity index (χ1n) is 3.66. The molecule has 1 heterocycles. The van der Waals surface area contributed by atoms with Crippen LogP contribution in [0, 0.1) is 5.92 Å². The molecule has 1 amide bonds. The van der Waals surface area contributed by atoms with Crippen LogP contribution in [0.3, 0.4) is 0 Å². The number of carbonyl (C=O) groups excluding carboxylic acids is 1. The average Bonchev–Trinajstić information content (AvgIpc) is 2.07. The van der Waals surface area contributed by atoms with E-state index >= 15 is 0 Å². The molecule has 0 aromatic carbocycles. The zero-order valence-electron chi connectivity index (χ0n) is 7.29. The minimum absolute atomic E-state index is 0.0920. The molecule has 0 bridgehead atoms. The second-order valence-corrected chi connectivity index (χ2v) is 3.17. The fourth-order valence-electron chi connectivity index (χ4n) is 0.853. The number of hydrogen-bond acceptors (Lipinski definition) is 3. The molecular formula is C7H11N3OS. The molecule has 0 spiro atoms. The Morgan fingerprint density at radius 2 is 2.25 bits per heavy atom. The number of nitrogens with zero attached hydrogens (tertiary/aromatic N) is 2. The van der Waals surface area contributed by atoms with E-state index in [4.69, 9.17) is 12.2 Å². The Kier molecular flexibility index (Phi) is 2.42. The van der Waals surface area contributed by atoms with Gasteiger partial charge in [-0.2, -0.15) is 5.10 Å². The predicted molar refractivity (Wildman–Crippen MR) is 50.8 cm³/mol. The van der Waals surface area contributed by atoms with Crippen molar-refractivity contribution in [3.05, 3.63) is 0 Å². The third kappa shape index (κ3) is 1.61. The van der Waals surface area contributed by atoms with Crippen LogP contribution < -0.4 is 5.32 Å². The molecule has 1 aliphatic rings. The molecule has 0 aromatic rings. The maximum atomic E-state index is 11.3. The molecule has 66 valence electrons. The fourth-order valence-corrected chi connectivity index (χ4v) is 0.994. The second-order valence-electron chi connectivity index (χ2n) is 2.78. The highest BCUT2D eigenvalue weighted by Crippen LogP contribution is 2.05. The van der Waals surface area contributed by atoms with Crippen LogP contribution in [0.25, 0.3) is 0 Å². The van der Waals surface area contributed by atoms with Gasteiger partial charge >= 0.3 is 0 Å². The minimum atomic E-state index is -0.201. The van der Waals surface area contributed by atoms with Gasteiger partial charge in [0, 0.05) is 12.8 Å². The van der Waals surface area contributed by atoms with E-state index in [1.165, 1.54) is 5.01 Å². The van der Waals surface area contributed by atoms with Crippen LogP contribution in [0.15, 0.2) is 5.10 Å². The second kappa shape index (κ2) is 3.18. The smallest absolute Gasteiger partial charge is 0.234 e. The zero-order valence-corrected chi connectivity index (χ0v) is 8.10. The first kappa shape index (κ1) is 9.12. The summed E-state index contributed by atoms with van der Waals surface area (Å²) in [6.45, 7) is 3.62. The van der Waals surface area contributed by atoms with E-state index < -0.39 is 0 Å². The summed E-state index contributed by atoms with van der Waals surface area (Å²) in [5, 5.41) is 8.53. The van der Waals surface area contributed by atoms with Gasteiger partial charge in [0.1, 0.15) is 0 Å². The van der Waals surface area contributed by atoms with Gasteiger partial charge in [0.15, 0.2) is 5.11 Å². The lowest BCUT2D eigenvalue weighted by Crippen LogP contribution is -2.38. The van der Waals surface area contributed by atoms with Gasteiger partial charge in [0.05, 0.1) is 5.92 Å². The van der Waals surface area contributed by atoms with Crippen molar-refractivity contribution in [2.24, 2.45) is 11.0 Å². The Morgan fingerprint density at radius 1 is 1.67 bits per heavy atom. The minimum Gasteiger partial charge on any atom is -0.301 e. The molecule has 1 atom stereocenters. The van der Waals surface area contributed by atoms with E-state index in [0.717, 1.165) is 5.71 Å². The predicted octanol–water partition coefficient (Wildman–Crippen LogP) is 0.345. The highest BCUT2D eigenvalue weighted by Gasteiger charge is 2.22. The highest BCUT2D eigenvalue weighted by atomic mass is 32.1. The summed E-state index contributed by atoms with van der Waals surface area (Å²) in [6.07, 6.45) is 0. The Labute approximate surface area is 76.6 Å². The average molecular weight is 185 g/mol. The maximum Gasteiger partial charge on any atom is 0.234 e. The SMILES string of the molecule is CC1=NN(C)C(=S)NC(=O)C1C. The molecule has 4 nitrogen and oxygen atoms in total. The summed E-state index contributed by atoms with van der Waals surface area (Å²) in [6, 6.07) is 0. The third-order valence-electron chi connectivity index (χ3n) is 1.85. The molecule has 1 rings (SSSR count). The van der Waals surface area contributed by atoms with Crippen molar-refractivity contribution in [2.75, 3.05) is 7.05 Å². The lowest BCUT2D eigenvalue weighted by Gasteiger charge is -2.10. The van der Waals surface area contributed by atoms with Gasteiger partial charge in [0.25, 0.3) is 0 Å². The first-order chi connectivity index (χ1) is 5.52. The Hall–Kier alpha value is -0.970. The van der Waals surface area contributed by atoms with Crippen molar-refractivity contribution in [3.63, 3.8) is 0 Å². The van der Waals surface area contributed by atoms with Crippen molar-refractivity contribution in [2.45, 2.75) is 13.8 Å². The normalized spacial score (nSPS) is 24.8. The zero-order chi connectivity index (χ0) is 9.30. The van der Waals surface area contributed by atoms with Gasteiger partial charge in [-0.3, -0.25) is 4.79 Å². The Morgan fingerprint density at radius 3 is 2.83 bits per heavy atom. The maximum absolute atomic E-state index is 11.3. The molecule has 1 aliphatic heterocycles. The van der Waals surface area contributed by atoms with Gasteiger partial charge in [-0.05, 0) is 26.1 Å². The summed E-state index contributed by atoms with van der Waals surface area (Å²) in [5.41, 5.74) is 0.773. The number of rotatable bonds is 0. The van der Waals surface area contributed by atoms with Crippen LogP contribution in [-0.2, 0) is 4.79 Å². The molecular weight excluding hydrogens is 174 g/mol. The summed E-state index contributed by atoms with van der Waals surface area (Å²) in [5.74, 6) is -0.293. The topological polar surface area (TPSA) is 44.7 Å². The molecule has 0 aliphatic carbocycles. The van der Waals surface area contributed by atoms with Crippen LogP contribution >= 0.6 is 12.2 Å². The van der Waals surface area contributed by atoms with Crippen molar-refractivity contribution in [3.8, 4) is 0 Å². The Bertz CT molecular complexity index is 261. The van der Waals surface area contributed by atoms with E-state index in [0.29, 0.717) is 5.11 Å². The summed E-state index contributed by atoms with van der Waals surface area (Å²) in [4.78, 5) is 11.3. The van der Waals surface area contributed by atoms with Gasteiger partial charge < -0.3 is 5.32 Å². The lowest BCUT2D eigenvalue weighted by molar-refractivity contribution is -0.121. The van der Waals surface area contributed by atoms with Crippen LogP contribution in [0.4, 0.5) is 0 Å². The van der Waals surface area contributed by atoms with Crippen molar-refractivity contribution < 1.29 is 4.79 Å². The number of nitrogens with one attached hydrogen (secondary N) is 1. The van der Waals surface area contributed by atoms with Gasteiger partial charge in [0.2, 0.25) is 5.91 Å². The number of amides is 1. The number of hydrazone groups is 1. The molecule has 1 unspecified atom stereocenters. The Balaban J connectivity index is 2.95. The highest BCUT2D eigenvalue weighted by molar-refractivity contribution is 7.80. The summed E-state index contributed by atoms with van der Waals surface area (Å²) < 4.78 is 0. The van der Waals surface area contributed by atoms with Crippen LogP contribution in [-0.4, -0.2) is 28.8 Å². The number of carbonyl (C=O) groups is 1. The van der Waals surface area contributed by atoms with Crippen molar-refractivity contribution >= 4 is 28.9 Å².